The molecule has 1 atom stereocenters. The van der Waals surface area contributed by atoms with Crippen molar-refractivity contribution in [1.82, 2.24) is 10.3 Å². The molecule has 0 aliphatic carbocycles. The highest BCUT2D eigenvalue weighted by Gasteiger charge is 2.13. The van der Waals surface area contributed by atoms with Crippen LogP contribution in [0.5, 0.6) is 0 Å². The number of hydrogen-bond acceptors (Lipinski definition) is 2. The lowest BCUT2D eigenvalue weighted by molar-refractivity contribution is 0.598. The second kappa shape index (κ2) is 6.69. The molecule has 0 fully saturated rings. The van der Waals surface area contributed by atoms with Crippen LogP contribution in [0.3, 0.4) is 0 Å². The van der Waals surface area contributed by atoms with E-state index in [1.165, 1.54) is 11.1 Å². The molecule has 0 aliphatic rings. The lowest BCUT2D eigenvalue weighted by Gasteiger charge is -2.20. The maximum Gasteiger partial charge on any atom is 0.0578 e. The number of hydrogen-bond donors (Lipinski definition) is 1. The van der Waals surface area contributed by atoms with E-state index >= 15 is 0 Å². The predicted octanol–water partition coefficient (Wildman–Crippen LogP) is 4.13. The van der Waals surface area contributed by atoms with Gasteiger partial charge in [0, 0.05) is 17.4 Å². The van der Waals surface area contributed by atoms with Gasteiger partial charge in [-0.15, -0.1) is 0 Å². The quantitative estimate of drug-likeness (QED) is 0.887. The molecule has 0 saturated heterocycles. The first-order chi connectivity index (χ1) is 9.22. The molecule has 2 nitrogen and oxygen atoms in total. The molecule has 1 aromatic heterocycles. The van der Waals surface area contributed by atoms with E-state index in [9.17, 15) is 0 Å². The fourth-order valence-electron chi connectivity index (χ4n) is 2.06. The highest BCUT2D eigenvalue weighted by atomic mass is 35.5. The van der Waals surface area contributed by atoms with E-state index in [1.807, 2.05) is 37.5 Å². The topological polar surface area (TPSA) is 24.9 Å². The summed E-state index contributed by atoms with van der Waals surface area (Å²) in [6.07, 6.45) is 4.75. The molecule has 0 bridgehead atoms. The summed E-state index contributed by atoms with van der Waals surface area (Å²) in [5, 5.41) is 4.38. The first kappa shape index (κ1) is 14.0. The Balaban J connectivity index is 2.34. The summed E-state index contributed by atoms with van der Waals surface area (Å²) < 4.78 is 0. The lowest BCUT2D eigenvalue weighted by atomic mass is 9.98. The molecule has 3 heteroatoms. The van der Waals surface area contributed by atoms with Gasteiger partial charge >= 0.3 is 0 Å². The van der Waals surface area contributed by atoms with Crippen LogP contribution in [-0.2, 0) is 0 Å². The summed E-state index contributed by atoms with van der Waals surface area (Å²) >= 11 is 6.24. The lowest BCUT2D eigenvalue weighted by Crippen LogP contribution is -2.23. The van der Waals surface area contributed by atoms with Crippen LogP contribution >= 0.6 is 11.6 Å². The monoisotopic (exact) mass is 274 g/mol. The average Bonchev–Trinajstić information content (AvgIpc) is 2.44. The van der Waals surface area contributed by atoms with Gasteiger partial charge in [0.25, 0.3) is 0 Å². The number of halogens is 1. The fraction of sp³-hybridized carbons (Fsp3) is 0.312. The number of pyridine rings is 1. The van der Waals surface area contributed by atoms with E-state index in [0.717, 1.165) is 23.6 Å². The normalized spacial score (nSPS) is 12.4. The van der Waals surface area contributed by atoms with Crippen LogP contribution in [0.1, 0.15) is 36.1 Å². The molecule has 2 aromatic rings. The molecule has 19 heavy (non-hydrogen) atoms. The Morgan fingerprint density at radius 3 is 2.53 bits per heavy atom. The van der Waals surface area contributed by atoms with Crippen LogP contribution in [0.15, 0.2) is 42.7 Å². The van der Waals surface area contributed by atoms with E-state index in [4.69, 9.17) is 11.6 Å². The number of nitrogens with zero attached hydrogens (tertiary/aromatic N) is 1. The van der Waals surface area contributed by atoms with E-state index in [2.05, 4.69) is 29.4 Å². The first-order valence-corrected chi connectivity index (χ1v) is 6.99. The second-order valence-electron chi connectivity index (χ2n) is 4.68. The van der Waals surface area contributed by atoms with Crippen molar-refractivity contribution in [3.63, 3.8) is 0 Å². The van der Waals surface area contributed by atoms with Crippen molar-refractivity contribution >= 4 is 11.6 Å². The van der Waals surface area contributed by atoms with Gasteiger partial charge in [0.05, 0.1) is 6.04 Å². The van der Waals surface area contributed by atoms with Gasteiger partial charge < -0.3 is 5.32 Å². The fourth-order valence-corrected chi connectivity index (χ4v) is 2.25. The van der Waals surface area contributed by atoms with Crippen molar-refractivity contribution in [3.8, 4) is 0 Å². The molecule has 100 valence electrons. The minimum atomic E-state index is 0.168. The van der Waals surface area contributed by atoms with Crippen LogP contribution in [0.25, 0.3) is 0 Å². The third kappa shape index (κ3) is 3.55. The Labute approximate surface area is 119 Å². The Kier molecular flexibility index (Phi) is 4.94. The van der Waals surface area contributed by atoms with Gasteiger partial charge in [0.15, 0.2) is 0 Å². The summed E-state index contributed by atoms with van der Waals surface area (Å²) in [7, 11) is 0. The Morgan fingerprint density at radius 2 is 1.89 bits per heavy atom. The average molecular weight is 275 g/mol. The maximum absolute atomic E-state index is 6.24. The van der Waals surface area contributed by atoms with Crippen molar-refractivity contribution in [2.45, 2.75) is 26.3 Å². The van der Waals surface area contributed by atoms with Crippen molar-refractivity contribution in [2.24, 2.45) is 0 Å². The summed E-state index contributed by atoms with van der Waals surface area (Å²) in [5.74, 6) is 0. The summed E-state index contributed by atoms with van der Waals surface area (Å²) in [6.45, 7) is 5.16. The molecule has 0 spiro atoms. The minimum absolute atomic E-state index is 0.168. The number of aryl methyl sites for hydroxylation is 1. The largest absolute Gasteiger partial charge is 0.306 e. The van der Waals surface area contributed by atoms with E-state index in [1.54, 1.807) is 0 Å². The van der Waals surface area contributed by atoms with Gasteiger partial charge in [-0.2, -0.15) is 0 Å². The second-order valence-corrected chi connectivity index (χ2v) is 5.08. The van der Waals surface area contributed by atoms with Gasteiger partial charge in [0.1, 0.15) is 0 Å². The number of benzene rings is 1. The summed E-state index contributed by atoms with van der Waals surface area (Å²) in [4.78, 5) is 4.08. The zero-order chi connectivity index (χ0) is 13.7. The van der Waals surface area contributed by atoms with Gasteiger partial charge in [-0.3, -0.25) is 4.98 Å². The van der Waals surface area contributed by atoms with E-state index in [0.29, 0.717) is 0 Å². The van der Waals surface area contributed by atoms with E-state index in [-0.39, 0.29) is 6.04 Å². The molecule has 0 radical (unpaired) electrons. The van der Waals surface area contributed by atoms with Crippen LogP contribution in [-0.4, -0.2) is 11.5 Å². The molecule has 1 aromatic carbocycles. The highest BCUT2D eigenvalue weighted by Crippen LogP contribution is 2.26. The number of aromatic nitrogens is 1. The molecule has 0 amide bonds. The molecule has 0 saturated carbocycles. The minimum Gasteiger partial charge on any atom is -0.306 e. The third-order valence-electron chi connectivity index (χ3n) is 3.17. The van der Waals surface area contributed by atoms with Gasteiger partial charge in [-0.05, 0) is 54.8 Å². The smallest absolute Gasteiger partial charge is 0.0578 e. The SMILES string of the molecule is CCCNC(c1ccncc1)c1ccc(C)c(Cl)c1. The molecule has 2 rings (SSSR count). The third-order valence-corrected chi connectivity index (χ3v) is 3.57. The van der Waals surface area contributed by atoms with Crippen molar-refractivity contribution < 1.29 is 0 Å². The zero-order valence-corrected chi connectivity index (χ0v) is 12.1. The van der Waals surface area contributed by atoms with Crippen molar-refractivity contribution in [3.05, 3.63) is 64.4 Å². The molecular formula is C16H19ClN2. The van der Waals surface area contributed by atoms with Crippen LogP contribution in [0.4, 0.5) is 0 Å². The zero-order valence-electron chi connectivity index (χ0n) is 11.4. The van der Waals surface area contributed by atoms with Gasteiger partial charge in [0.2, 0.25) is 0 Å². The molecule has 1 unspecified atom stereocenters. The standard InChI is InChI=1S/C16H19ClN2/c1-3-8-19-16(13-6-9-18-10-7-13)14-5-4-12(2)15(17)11-14/h4-7,9-11,16,19H,3,8H2,1-2H3. The van der Waals surface area contributed by atoms with E-state index < -0.39 is 0 Å². The summed E-state index contributed by atoms with van der Waals surface area (Å²) in [5.41, 5.74) is 3.51. The van der Waals surface area contributed by atoms with Crippen molar-refractivity contribution in [2.75, 3.05) is 6.54 Å². The Hall–Kier alpha value is -1.38. The Morgan fingerprint density at radius 1 is 1.16 bits per heavy atom. The first-order valence-electron chi connectivity index (χ1n) is 6.61. The van der Waals surface area contributed by atoms with Gasteiger partial charge in [-0.1, -0.05) is 30.7 Å². The van der Waals surface area contributed by atoms with Crippen molar-refractivity contribution in [1.29, 1.82) is 0 Å². The van der Waals surface area contributed by atoms with Crippen LogP contribution in [0.2, 0.25) is 5.02 Å². The molecule has 1 N–H and O–H groups in total. The molecular weight excluding hydrogens is 256 g/mol. The number of nitrogens with one attached hydrogen (secondary N) is 1. The van der Waals surface area contributed by atoms with Gasteiger partial charge in [-0.25, -0.2) is 0 Å². The summed E-state index contributed by atoms with van der Waals surface area (Å²) in [6, 6.07) is 10.5. The molecule has 1 heterocycles. The van der Waals surface area contributed by atoms with Crippen LogP contribution in [0, 0.1) is 6.92 Å². The molecule has 0 aliphatic heterocycles. The maximum atomic E-state index is 6.24. The number of rotatable bonds is 5. The predicted molar refractivity (Wildman–Crippen MR) is 80.6 cm³/mol. The van der Waals surface area contributed by atoms with Crippen LogP contribution < -0.4 is 5.32 Å². The Bertz CT molecular complexity index is 526. The highest BCUT2D eigenvalue weighted by molar-refractivity contribution is 6.31.